The Morgan fingerprint density at radius 2 is 2.10 bits per heavy atom. The zero-order chi connectivity index (χ0) is 14.8. The predicted molar refractivity (Wildman–Crippen MR) is 80.5 cm³/mol. The second-order valence-electron chi connectivity index (χ2n) is 5.70. The number of hydrogen-bond donors (Lipinski definition) is 1. The van der Waals surface area contributed by atoms with Gasteiger partial charge < -0.3 is 10.1 Å². The van der Waals surface area contributed by atoms with Gasteiger partial charge in [-0.2, -0.15) is 14.6 Å². The van der Waals surface area contributed by atoms with Crippen LogP contribution >= 0.6 is 0 Å². The smallest absolute Gasteiger partial charge is 0.254 e. The summed E-state index contributed by atoms with van der Waals surface area (Å²) in [5, 5.41) is 7.63. The molecule has 0 spiro atoms. The van der Waals surface area contributed by atoms with Crippen LogP contribution in [0.4, 0.5) is 5.82 Å². The molecule has 0 bridgehead atoms. The molecule has 3 rings (SSSR count). The number of anilines is 1. The highest BCUT2D eigenvalue weighted by atomic mass is 16.5. The predicted octanol–water partition coefficient (Wildman–Crippen LogP) is 0.954. The summed E-state index contributed by atoms with van der Waals surface area (Å²) in [6, 6.07) is 1.99. The third-order valence-electron chi connectivity index (χ3n) is 3.61. The molecule has 3 heterocycles. The van der Waals surface area contributed by atoms with Crippen LogP contribution in [-0.2, 0) is 4.74 Å². The zero-order valence-electron chi connectivity index (χ0n) is 12.8. The largest absolute Gasteiger partial charge is 0.373 e. The molecule has 114 valence electrons. The van der Waals surface area contributed by atoms with E-state index in [9.17, 15) is 0 Å². The number of nitrogens with zero attached hydrogens (tertiary/aromatic N) is 5. The molecule has 0 aliphatic carbocycles. The molecule has 2 atom stereocenters. The lowest BCUT2D eigenvalue weighted by Gasteiger charge is -2.35. The molecule has 1 N–H and O–H groups in total. The van der Waals surface area contributed by atoms with Gasteiger partial charge in [0, 0.05) is 37.9 Å². The van der Waals surface area contributed by atoms with Crippen molar-refractivity contribution in [3.63, 3.8) is 0 Å². The number of hydrogen-bond acceptors (Lipinski definition) is 6. The third kappa shape index (κ3) is 3.30. The van der Waals surface area contributed by atoms with E-state index in [4.69, 9.17) is 4.74 Å². The molecule has 1 saturated heterocycles. The number of aryl methyl sites for hydroxylation is 1. The van der Waals surface area contributed by atoms with E-state index in [1.165, 1.54) is 6.33 Å². The minimum atomic E-state index is 0.305. The fraction of sp³-hybridized carbons (Fsp3) is 0.643. The normalized spacial score (nSPS) is 23.6. The van der Waals surface area contributed by atoms with Gasteiger partial charge in [0.25, 0.3) is 5.78 Å². The Bertz CT molecular complexity index is 603. The van der Waals surface area contributed by atoms with Crippen LogP contribution < -0.4 is 5.32 Å². The van der Waals surface area contributed by atoms with E-state index >= 15 is 0 Å². The molecule has 2 aromatic heterocycles. The van der Waals surface area contributed by atoms with Gasteiger partial charge in [-0.1, -0.05) is 0 Å². The van der Waals surface area contributed by atoms with Crippen LogP contribution in [-0.4, -0.2) is 62.9 Å². The minimum absolute atomic E-state index is 0.305. The van der Waals surface area contributed by atoms with E-state index in [2.05, 4.69) is 39.1 Å². The van der Waals surface area contributed by atoms with E-state index in [-0.39, 0.29) is 0 Å². The van der Waals surface area contributed by atoms with Crippen LogP contribution in [0.2, 0.25) is 0 Å². The summed E-state index contributed by atoms with van der Waals surface area (Å²) in [7, 11) is 0. The Hall–Kier alpha value is -1.73. The topological polar surface area (TPSA) is 67.6 Å². The second kappa shape index (κ2) is 5.95. The molecular weight excluding hydrogens is 268 g/mol. The molecule has 2 aromatic rings. The molecule has 1 aliphatic rings. The third-order valence-corrected chi connectivity index (χ3v) is 3.61. The van der Waals surface area contributed by atoms with Crippen molar-refractivity contribution >= 4 is 11.6 Å². The van der Waals surface area contributed by atoms with Gasteiger partial charge in [-0.15, -0.1) is 0 Å². The first-order valence-corrected chi connectivity index (χ1v) is 7.41. The van der Waals surface area contributed by atoms with Crippen LogP contribution in [0, 0.1) is 6.92 Å². The van der Waals surface area contributed by atoms with Crippen molar-refractivity contribution in [1.82, 2.24) is 24.5 Å². The van der Waals surface area contributed by atoms with Crippen molar-refractivity contribution in [2.45, 2.75) is 33.0 Å². The number of nitrogens with one attached hydrogen (secondary N) is 1. The second-order valence-corrected chi connectivity index (χ2v) is 5.70. The Kier molecular flexibility index (Phi) is 4.03. The fourth-order valence-corrected chi connectivity index (χ4v) is 2.87. The lowest BCUT2D eigenvalue weighted by Crippen LogP contribution is -2.46. The average Bonchev–Trinajstić information content (AvgIpc) is 2.85. The van der Waals surface area contributed by atoms with Crippen molar-refractivity contribution < 1.29 is 4.74 Å². The minimum Gasteiger partial charge on any atom is -0.373 e. The lowest BCUT2D eigenvalue weighted by atomic mass is 10.2. The van der Waals surface area contributed by atoms with Gasteiger partial charge >= 0.3 is 0 Å². The Balaban J connectivity index is 1.60. The van der Waals surface area contributed by atoms with E-state index in [1.54, 1.807) is 4.52 Å². The van der Waals surface area contributed by atoms with Gasteiger partial charge in [0.05, 0.1) is 12.2 Å². The Morgan fingerprint density at radius 3 is 2.86 bits per heavy atom. The van der Waals surface area contributed by atoms with Crippen molar-refractivity contribution in [1.29, 1.82) is 0 Å². The van der Waals surface area contributed by atoms with Crippen molar-refractivity contribution in [2.24, 2.45) is 0 Å². The highest BCUT2D eigenvalue weighted by Gasteiger charge is 2.21. The molecule has 0 radical (unpaired) electrons. The lowest BCUT2D eigenvalue weighted by molar-refractivity contribution is -0.0667. The van der Waals surface area contributed by atoms with Gasteiger partial charge in [0.15, 0.2) is 0 Å². The van der Waals surface area contributed by atoms with Crippen molar-refractivity contribution in [2.75, 3.05) is 31.5 Å². The summed E-state index contributed by atoms with van der Waals surface area (Å²) in [5.41, 5.74) is 0.937. The molecule has 7 heteroatoms. The quantitative estimate of drug-likeness (QED) is 0.904. The Morgan fingerprint density at radius 1 is 1.33 bits per heavy atom. The van der Waals surface area contributed by atoms with E-state index in [1.807, 2.05) is 13.0 Å². The van der Waals surface area contributed by atoms with Gasteiger partial charge in [-0.05, 0) is 20.8 Å². The number of rotatable bonds is 4. The summed E-state index contributed by atoms with van der Waals surface area (Å²) in [6.45, 7) is 10.0. The molecule has 1 aliphatic heterocycles. The number of fused-ring (bicyclic) bond motifs is 1. The number of morpholine rings is 1. The summed E-state index contributed by atoms with van der Waals surface area (Å²) in [5.74, 6) is 1.57. The SMILES string of the molecule is Cc1cc(NCCN2CC(C)OC(C)C2)n2ncnc2n1. The summed E-state index contributed by atoms with van der Waals surface area (Å²) in [4.78, 5) is 10.9. The van der Waals surface area contributed by atoms with Gasteiger partial charge in [-0.25, -0.2) is 4.98 Å². The maximum absolute atomic E-state index is 5.75. The Labute approximate surface area is 124 Å². The zero-order valence-corrected chi connectivity index (χ0v) is 12.8. The number of aromatic nitrogens is 4. The summed E-state index contributed by atoms with van der Waals surface area (Å²) < 4.78 is 7.48. The van der Waals surface area contributed by atoms with Gasteiger partial charge in [0.2, 0.25) is 0 Å². The highest BCUT2D eigenvalue weighted by Crippen LogP contribution is 2.12. The van der Waals surface area contributed by atoms with Crippen LogP contribution in [0.15, 0.2) is 12.4 Å². The first-order valence-electron chi connectivity index (χ1n) is 7.41. The highest BCUT2D eigenvalue weighted by molar-refractivity contribution is 5.44. The molecule has 0 amide bonds. The molecule has 1 fully saturated rings. The number of ether oxygens (including phenoxy) is 1. The molecular formula is C14H22N6O. The van der Waals surface area contributed by atoms with Crippen LogP contribution in [0.5, 0.6) is 0 Å². The van der Waals surface area contributed by atoms with Crippen LogP contribution in [0.25, 0.3) is 5.78 Å². The average molecular weight is 290 g/mol. The molecule has 2 unspecified atom stereocenters. The summed E-state index contributed by atoms with van der Waals surface area (Å²) >= 11 is 0. The molecule has 21 heavy (non-hydrogen) atoms. The maximum atomic E-state index is 5.75. The van der Waals surface area contributed by atoms with E-state index < -0.39 is 0 Å². The fourth-order valence-electron chi connectivity index (χ4n) is 2.87. The maximum Gasteiger partial charge on any atom is 0.254 e. The van der Waals surface area contributed by atoms with Crippen molar-refractivity contribution in [3.8, 4) is 0 Å². The first-order chi connectivity index (χ1) is 10.1. The molecule has 7 nitrogen and oxygen atoms in total. The van der Waals surface area contributed by atoms with Gasteiger partial charge in [0.1, 0.15) is 12.1 Å². The molecule has 0 saturated carbocycles. The van der Waals surface area contributed by atoms with Crippen LogP contribution in [0.1, 0.15) is 19.5 Å². The van der Waals surface area contributed by atoms with E-state index in [0.29, 0.717) is 18.0 Å². The van der Waals surface area contributed by atoms with Crippen LogP contribution in [0.3, 0.4) is 0 Å². The first kappa shape index (κ1) is 14.2. The molecule has 0 aromatic carbocycles. The van der Waals surface area contributed by atoms with E-state index in [0.717, 1.165) is 37.7 Å². The monoisotopic (exact) mass is 290 g/mol. The van der Waals surface area contributed by atoms with Gasteiger partial charge in [-0.3, -0.25) is 4.90 Å². The summed E-state index contributed by atoms with van der Waals surface area (Å²) in [6.07, 6.45) is 2.14. The van der Waals surface area contributed by atoms with Crippen molar-refractivity contribution in [3.05, 3.63) is 18.1 Å². The standard InChI is InChI=1S/C14H22N6O/c1-10-6-13(20-14(18-10)16-9-17-20)15-4-5-19-7-11(2)21-12(3)8-19/h6,9,11-12,15H,4-5,7-8H2,1-3H3.